The van der Waals surface area contributed by atoms with Gasteiger partial charge in [-0.15, -0.1) is 11.3 Å². The molecular weight excluding hydrogens is 230 g/mol. The summed E-state index contributed by atoms with van der Waals surface area (Å²) in [5.74, 6) is 0.663. The van der Waals surface area contributed by atoms with Gasteiger partial charge in [0.25, 0.3) is 0 Å². The molecule has 0 aliphatic heterocycles. The van der Waals surface area contributed by atoms with Gasteiger partial charge >= 0.3 is 0 Å². The summed E-state index contributed by atoms with van der Waals surface area (Å²) in [5, 5.41) is 3.36. The van der Waals surface area contributed by atoms with Crippen LogP contribution in [0.1, 0.15) is 17.7 Å². The third kappa shape index (κ3) is 1.54. The molecule has 0 radical (unpaired) electrons. The lowest BCUT2D eigenvalue weighted by molar-refractivity contribution is 0.900. The van der Waals surface area contributed by atoms with Crippen LogP contribution >= 0.6 is 22.9 Å². The normalized spacial score (nSPS) is 14.2. The molecule has 2 aromatic heterocycles. The van der Waals surface area contributed by atoms with Crippen molar-refractivity contribution < 1.29 is 0 Å². The Hall–Kier alpha value is -1.00. The highest BCUT2D eigenvalue weighted by atomic mass is 35.5. The van der Waals surface area contributed by atoms with E-state index in [0.29, 0.717) is 11.0 Å². The van der Waals surface area contributed by atoms with E-state index >= 15 is 0 Å². The minimum absolute atomic E-state index is 0.600. The van der Waals surface area contributed by atoms with Crippen molar-refractivity contribution in [3.05, 3.63) is 28.0 Å². The second kappa shape index (κ2) is 3.54. The molecule has 0 N–H and O–H groups in total. The van der Waals surface area contributed by atoms with E-state index < -0.39 is 0 Å². The highest BCUT2D eigenvalue weighted by Crippen LogP contribution is 2.29. The molecule has 0 saturated heterocycles. The molecule has 2 heterocycles. The van der Waals surface area contributed by atoms with E-state index in [-0.39, 0.29) is 0 Å². The predicted octanol–water partition coefficient (Wildman–Crippen LogP) is 2.74. The number of aromatic nitrogens is 3. The number of fused-ring (bicyclic) bond motifs is 1. The fourth-order valence-electron chi connectivity index (χ4n) is 1.82. The second-order valence-electron chi connectivity index (χ2n) is 3.45. The van der Waals surface area contributed by atoms with E-state index in [1.54, 1.807) is 6.20 Å². The zero-order valence-corrected chi connectivity index (χ0v) is 9.48. The smallest absolute Gasteiger partial charge is 0.190 e. The Balaban J connectivity index is 2.15. The van der Waals surface area contributed by atoms with Crippen molar-refractivity contribution in [3.8, 4) is 10.8 Å². The van der Waals surface area contributed by atoms with E-state index in [4.69, 9.17) is 11.6 Å². The quantitative estimate of drug-likeness (QED) is 0.716. The fraction of sp³-hybridized carbons (Fsp3) is 0.300. The summed E-state index contributed by atoms with van der Waals surface area (Å²) in [4.78, 5) is 13.0. The van der Waals surface area contributed by atoms with Crippen molar-refractivity contribution in [1.29, 1.82) is 0 Å². The van der Waals surface area contributed by atoms with E-state index in [1.807, 2.05) is 5.38 Å². The Labute approximate surface area is 96.2 Å². The average Bonchev–Trinajstić information content (AvgIpc) is 2.88. The number of aryl methyl sites for hydroxylation is 1. The molecule has 1 aliphatic rings. The molecular formula is C10H8ClN3S. The van der Waals surface area contributed by atoms with Crippen LogP contribution in [0.4, 0.5) is 0 Å². The molecule has 0 amide bonds. The van der Waals surface area contributed by atoms with Crippen molar-refractivity contribution in [1.82, 2.24) is 15.0 Å². The third-order valence-corrected chi connectivity index (χ3v) is 3.59. The molecule has 0 unspecified atom stereocenters. The summed E-state index contributed by atoms with van der Waals surface area (Å²) in [5.41, 5.74) is 2.22. The largest absolute Gasteiger partial charge is 0.241 e. The summed E-state index contributed by atoms with van der Waals surface area (Å²) in [6.07, 6.45) is 4.90. The summed E-state index contributed by atoms with van der Waals surface area (Å²) in [7, 11) is 0. The lowest BCUT2D eigenvalue weighted by atomic mass is 10.3. The van der Waals surface area contributed by atoms with E-state index in [2.05, 4.69) is 15.0 Å². The van der Waals surface area contributed by atoms with Gasteiger partial charge in [0.2, 0.25) is 0 Å². The topological polar surface area (TPSA) is 38.7 Å². The molecule has 15 heavy (non-hydrogen) atoms. The highest BCUT2D eigenvalue weighted by Gasteiger charge is 2.19. The molecule has 0 fully saturated rings. The third-order valence-electron chi connectivity index (χ3n) is 2.51. The SMILES string of the molecule is Clc1nc(-c2nccs2)nc2c1CCC2. The number of thiazole rings is 1. The molecule has 1 aliphatic carbocycles. The van der Waals surface area contributed by atoms with Crippen molar-refractivity contribution in [2.45, 2.75) is 19.3 Å². The highest BCUT2D eigenvalue weighted by molar-refractivity contribution is 7.13. The maximum absolute atomic E-state index is 6.12. The molecule has 5 heteroatoms. The first-order valence-corrected chi connectivity index (χ1v) is 6.05. The van der Waals surface area contributed by atoms with Crippen LogP contribution in [0.15, 0.2) is 11.6 Å². The summed E-state index contributed by atoms with van der Waals surface area (Å²) >= 11 is 7.65. The fourth-order valence-corrected chi connectivity index (χ4v) is 2.67. The van der Waals surface area contributed by atoms with Crippen molar-refractivity contribution in [3.63, 3.8) is 0 Å². The predicted molar refractivity (Wildman–Crippen MR) is 60.2 cm³/mol. The Kier molecular flexibility index (Phi) is 2.18. The number of hydrogen-bond donors (Lipinski definition) is 0. The summed E-state index contributed by atoms with van der Waals surface area (Å²) < 4.78 is 0. The van der Waals surface area contributed by atoms with Gasteiger partial charge in [-0.05, 0) is 19.3 Å². The molecule has 0 bridgehead atoms. The first-order chi connectivity index (χ1) is 7.34. The second-order valence-corrected chi connectivity index (χ2v) is 4.71. The number of rotatable bonds is 1. The molecule has 0 aromatic carbocycles. The molecule has 3 nitrogen and oxygen atoms in total. The van der Waals surface area contributed by atoms with Crippen LogP contribution in [-0.2, 0) is 12.8 Å². The van der Waals surface area contributed by atoms with E-state index in [9.17, 15) is 0 Å². The maximum atomic E-state index is 6.12. The van der Waals surface area contributed by atoms with Gasteiger partial charge in [-0.3, -0.25) is 0 Å². The van der Waals surface area contributed by atoms with Gasteiger partial charge in [-0.25, -0.2) is 15.0 Å². The Morgan fingerprint density at radius 1 is 1.27 bits per heavy atom. The summed E-state index contributed by atoms with van der Waals surface area (Å²) in [6.45, 7) is 0. The van der Waals surface area contributed by atoms with Crippen molar-refractivity contribution >= 4 is 22.9 Å². The van der Waals surface area contributed by atoms with Crippen LogP contribution < -0.4 is 0 Å². The van der Waals surface area contributed by atoms with Crippen molar-refractivity contribution in [2.24, 2.45) is 0 Å². The van der Waals surface area contributed by atoms with E-state index in [0.717, 1.165) is 35.5 Å². The lowest BCUT2D eigenvalue weighted by Gasteiger charge is -2.02. The monoisotopic (exact) mass is 237 g/mol. The summed E-state index contributed by atoms with van der Waals surface area (Å²) in [6, 6.07) is 0. The standard InChI is InChI=1S/C10H8ClN3S/c11-8-6-2-1-3-7(6)13-9(14-8)10-12-4-5-15-10/h4-5H,1-3H2. The Morgan fingerprint density at radius 2 is 2.20 bits per heavy atom. The van der Waals surface area contributed by atoms with Gasteiger partial charge in [0, 0.05) is 22.8 Å². The Morgan fingerprint density at radius 3 is 3.00 bits per heavy atom. The van der Waals surface area contributed by atoms with E-state index in [1.165, 1.54) is 11.3 Å². The van der Waals surface area contributed by atoms with Crippen LogP contribution in [-0.4, -0.2) is 15.0 Å². The number of halogens is 1. The lowest BCUT2D eigenvalue weighted by Crippen LogP contribution is -1.96. The van der Waals surface area contributed by atoms with Crippen LogP contribution in [0, 0.1) is 0 Å². The molecule has 76 valence electrons. The maximum Gasteiger partial charge on any atom is 0.190 e. The van der Waals surface area contributed by atoms with Gasteiger partial charge in [0.1, 0.15) is 5.15 Å². The van der Waals surface area contributed by atoms with Gasteiger partial charge in [0.15, 0.2) is 10.8 Å². The van der Waals surface area contributed by atoms with Gasteiger partial charge in [-0.1, -0.05) is 11.6 Å². The van der Waals surface area contributed by atoms with Crippen LogP contribution in [0.3, 0.4) is 0 Å². The zero-order valence-electron chi connectivity index (χ0n) is 7.90. The first kappa shape index (κ1) is 9.24. The Bertz CT molecular complexity index is 496. The van der Waals surface area contributed by atoms with Crippen LogP contribution in [0.5, 0.6) is 0 Å². The van der Waals surface area contributed by atoms with Gasteiger partial charge < -0.3 is 0 Å². The molecule has 2 aromatic rings. The molecule has 0 spiro atoms. The average molecular weight is 238 g/mol. The van der Waals surface area contributed by atoms with Gasteiger partial charge in [0.05, 0.1) is 0 Å². The first-order valence-electron chi connectivity index (χ1n) is 4.80. The number of hydrogen-bond acceptors (Lipinski definition) is 4. The number of nitrogens with zero attached hydrogens (tertiary/aromatic N) is 3. The van der Waals surface area contributed by atoms with Crippen LogP contribution in [0.25, 0.3) is 10.8 Å². The molecule has 0 saturated carbocycles. The van der Waals surface area contributed by atoms with Gasteiger partial charge in [-0.2, -0.15) is 0 Å². The zero-order chi connectivity index (χ0) is 10.3. The molecule has 3 rings (SSSR count). The van der Waals surface area contributed by atoms with Crippen LogP contribution in [0.2, 0.25) is 5.15 Å². The minimum atomic E-state index is 0.600. The molecule has 0 atom stereocenters. The minimum Gasteiger partial charge on any atom is -0.241 e. The van der Waals surface area contributed by atoms with Crippen molar-refractivity contribution in [2.75, 3.05) is 0 Å².